The number of aryl methyl sites for hydroxylation is 1. The summed E-state index contributed by atoms with van der Waals surface area (Å²) in [7, 11) is 0. The Balaban J connectivity index is 1.52. The quantitative estimate of drug-likeness (QED) is 0.317. The molecule has 3 heterocycles. The van der Waals surface area contributed by atoms with Crippen molar-refractivity contribution >= 4 is 46.0 Å². The van der Waals surface area contributed by atoms with Crippen LogP contribution in [0.4, 0.5) is 21.9 Å². The molecule has 2 aromatic rings. The number of rotatable bonds is 6. The largest absolute Gasteiger partial charge is 0.378 e. The molecule has 0 N–H and O–H groups in total. The van der Waals surface area contributed by atoms with Gasteiger partial charge in [0.2, 0.25) is 0 Å². The van der Waals surface area contributed by atoms with Crippen LogP contribution in [0.2, 0.25) is 0 Å². The van der Waals surface area contributed by atoms with E-state index in [1.54, 1.807) is 6.08 Å². The van der Waals surface area contributed by atoms with Crippen LogP contribution < -0.4 is 9.80 Å². The van der Waals surface area contributed by atoms with Crippen LogP contribution in [-0.4, -0.2) is 73.6 Å². The van der Waals surface area contributed by atoms with Crippen molar-refractivity contribution in [2.75, 3.05) is 62.4 Å². The molecule has 0 aromatic heterocycles. The van der Waals surface area contributed by atoms with Gasteiger partial charge in [-0.25, -0.2) is 0 Å². The fourth-order valence-electron chi connectivity index (χ4n) is 4.63. The molecule has 0 unspecified atom stereocenters. The molecular formula is C26H28N4O6S. The lowest BCUT2D eigenvalue weighted by Gasteiger charge is -2.33. The maximum Gasteiger partial charge on any atom is 0.293 e. The molecule has 11 heteroatoms. The number of carbonyl (C=O) groups is 2. The number of hydrogen-bond donors (Lipinski definition) is 0. The van der Waals surface area contributed by atoms with Crippen LogP contribution in [0.1, 0.15) is 16.7 Å². The van der Waals surface area contributed by atoms with Crippen LogP contribution in [0.25, 0.3) is 6.08 Å². The molecule has 0 aliphatic carbocycles. The molecule has 5 rings (SSSR count). The first-order chi connectivity index (χ1) is 17.9. The van der Waals surface area contributed by atoms with Gasteiger partial charge in [-0.15, -0.1) is 0 Å². The Morgan fingerprint density at radius 2 is 1.54 bits per heavy atom. The van der Waals surface area contributed by atoms with Gasteiger partial charge in [0, 0.05) is 43.5 Å². The number of benzene rings is 2. The smallest absolute Gasteiger partial charge is 0.293 e. The molecule has 3 saturated heterocycles. The van der Waals surface area contributed by atoms with Crippen LogP contribution in [-0.2, 0) is 20.8 Å². The standard InChI is InChI=1S/C26H28N4O6S/c1-18-2-4-19(5-3-18)17-29-25(31)24(37-26(29)32)15-20-14-23(30(33)34)22(28-8-12-36-13-9-28)16-21(20)27-6-10-35-11-7-27/h2-5,14-16H,6-13,17H2,1H3/b24-15-. The van der Waals surface area contributed by atoms with E-state index in [1.165, 1.54) is 11.0 Å². The molecule has 10 nitrogen and oxygen atoms in total. The van der Waals surface area contributed by atoms with E-state index in [4.69, 9.17) is 9.47 Å². The minimum absolute atomic E-state index is 0.0379. The summed E-state index contributed by atoms with van der Waals surface area (Å²) >= 11 is 0.859. The number of nitrogens with zero attached hydrogens (tertiary/aromatic N) is 4. The van der Waals surface area contributed by atoms with E-state index in [0.29, 0.717) is 63.9 Å². The minimum atomic E-state index is -0.400. The second kappa shape index (κ2) is 10.9. The van der Waals surface area contributed by atoms with Gasteiger partial charge in [-0.05, 0) is 36.4 Å². The number of anilines is 2. The van der Waals surface area contributed by atoms with Crippen molar-refractivity contribution in [2.45, 2.75) is 13.5 Å². The van der Waals surface area contributed by atoms with Crippen molar-refractivity contribution in [2.24, 2.45) is 0 Å². The van der Waals surface area contributed by atoms with Crippen molar-refractivity contribution in [3.63, 3.8) is 0 Å². The summed E-state index contributed by atoms with van der Waals surface area (Å²) in [4.78, 5) is 43.2. The molecular weight excluding hydrogens is 496 g/mol. The zero-order valence-corrected chi connectivity index (χ0v) is 21.4. The van der Waals surface area contributed by atoms with Gasteiger partial charge in [0.15, 0.2) is 0 Å². The van der Waals surface area contributed by atoms with Crippen LogP contribution >= 0.6 is 11.8 Å². The van der Waals surface area contributed by atoms with Gasteiger partial charge in [0.25, 0.3) is 16.8 Å². The molecule has 0 atom stereocenters. The lowest BCUT2D eigenvalue weighted by atomic mass is 10.1. The summed E-state index contributed by atoms with van der Waals surface area (Å²) in [6, 6.07) is 11.0. The van der Waals surface area contributed by atoms with E-state index >= 15 is 0 Å². The van der Waals surface area contributed by atoms with Crippen LogP contribution in [0.5, 0.6) is 0 Å². The Hall–Kier alpha value is -3.41. The van der Waals surface area contributed by atoms with Gasteiger partial charge in [-0.1, -0.05) is 29.8 Å². The van der Waals surface area contributed by atoms with E-state index < -0.39 is 10.8 Å². The van der Waals surface area contributed by atoms with Crippen LogP contribution in [0.15, 0.2) is 41.3 Å². The fraction of sp³-hybridized carbons (Fsp3) is 0.385. The molecule has 2 amide bonds. The Morgan fingerprint density at radius 3 is 2.14 bits per heavy atom. The number of nitro benzene ring substituents is 1. The molecule has 0 radical (unpaired) electrons. The summed E-state index contributed by atoms with van der Waals surface area (Å²) in [5.41, 5.74) is 3.75. The Labute approximate surface area is 218 Å². The second-order valence-corrected chi connectivity index (χ2v) is 10.1. The number of amides is 2. The monoisotopic (exact) mass is 524 g/mol. The first kappa shape index (κ1) is 25.2. The van der Waals surface area contributed by atoms with E-state index in [9.17, 15) is 19.7 Å². The van der Waals surface area contributed by atoms with Gasteiger partial charge < -0.3 is 19.3 Å². The fourth-order valence-corrected chi connectivity index (χ4v) is 5.46. The van der Waals surface area contributed by atoms with Gasteiger partial charge in [0.05, 0.1) is 42.8 Å². The van der Waals surface area contributed by atoms with Gasteiger partial charge in [-0.3, -0.25) is 24.6 Å². The van der Waals surface area contributed by atoms with Crippen molar-refractivity contribution < 1.29 is 24.0 Å². The summed E-state index contributed by atoms with van der Waals surface area (Å²) in [6.07, 6.45) is 1.61. The summed E-state index contributed by atoms with van der Waals surface area (Å²) in [5, 5.41) is 11.7. The van der Waals surface area contributed by atoms with Crippen LogP contribution in [0, 0.1) is 17.0 Å². The highest BCUT2D eigenvalue weighted by Gasteiger charge is 2.36. The van der Waals surface area contributed by atoms with Crippen molar-refractivity contribution in [1.29, 1.82) is 0 Å². The third-order valence-electron chi connectivity index (χ3n) is 6.65. The zero-order valence-electron chi connectivity index (χ0n) is 20.6. The number of imide groups is 1. The third kappa shape index (κ3) is 5.48. The average molecular weight is 525 g/mol. The third-order valence-corrected chi connectivity index (χ3v) is 7.55. The number of nitro groups is 1. The SMILES string of the molecule is Cc1ccc(CN2C(=O)S/C(=C\c3cc([N+](=O)[O-])c(N4CCOCC4)cc3N3CCOCC3)C2=O)cc1. The number of hydrogen-bond acceptors (Lipinski definition) is 9. The number of ether oxygens (including phenoxy) is 2. The number of morpholine rings is 2. The van der Waals surface area contributed by atoms with Crippen molar-refractivity contribution in [3.8, 4) is 0 Å². The first-order valence-corrected chi connectivity index (χ1v) is 13.0. The highest BCUT2D eigenvalue weighted by Crippen LogP contribution is 2.40. The minimum Gasteiger partial charge on any atom is -0.378 e. The van der Waals surface area contributed by atoms with Gasteiger partial charge in [0.1, 0.15) is 5.69 Å². The van der Waals surface area contributed by atoms with E-state index in [2.05, 4.69) is 4.90 Å². The van der Waals surface area contributed by atoms with Crippen LogP contribution in [0.3, 0.4) is 0 Å². The molecule has 0 spiro atoms. The molecule has 0 bridgehead atoms. The van der Waals surface area contributed by atoms with E-state index in [1.807, 2.05) is 42.2 Å². The summed E-state index contributed by atoms with van der Waals surface area (Å²) < 4.78 is 10.9. The molecule has 3 aliphatic rings. The molecule has 37 heavy (non-hydrogen) atoms. The highest BCUT2D eigenvalue weighted by molar-refractivity contribution is 8.18. The van der Waals surface area contributed by atoms with Gasteiger partial charge in [-0.2, -0.15) is 0 Å². The maximum absolute atomic E-state index is 13.2. The van der Waals surface area contributed by atoms with E-state index in [-0.39, 0.29) is 22.4 Å². The second-order valence-electron chi connectivity index (χ2n) is 9.11. The molecule has 194 valence electrons. The predicted molar refractivity (Wildman–Crippen MR) is 142 cm³/mol. The van der Waals surface area contributed by atoms with Crippen molar-refractivity contribution in [3.05, 3.63) is 68.1 Å². The average Bonchev–Trinajstić information content (AvgIpc) is 3.17. The normalized spacial score (nSPS) is 19.7. The van der Waals surface area contributed by atoms with Gasteiger partial charge >= 0.3 is 0 Å². The summed E-state index contributed by atoms with van der Waals surface area (Å²) in [6.45, 7) is 6.58. The lowest BCUT2D eigenvalue weighted by molar-refractivity contribution is -0.384. The lowest BCUT2D eigenvalue weighted by Crippen LogP contribution is -2.38. The molecule has 0 saturated carbocycles. The van der Waals surface area contributed by atoms with Crippen molar-refractivity contribution in [1.82, 2.24) is 4.90 Å². The zero-order chi connectivity index (χ0) is 25.9. The summed E-state index contributed by atoms with van der Waals surface area (Å²) in [5.74, 6) is -0.400. The molecule has 2 aromatic carbocycles. The highest BCUT2D eigenvalue weighted by atomic mass is 32.2. The predicted octanol–water partition coefficient (Wildman–Crippen LogP) is 3.81. The number of thioether (sulfide) groups is 1. The topological polar surface area (TPSA) is 105 Å². The Morgan fingerprint density at radius 1 is 0.946 bits per heavy atom. The van der Waals surface area contributed by atoms with E-state index in [0.717, 1.165) is 28.6 Å². The Bertz CT molecular complexity index is 1240. The first-order valence-electron chi connectivity index (χ1n) is 12.2. The number of carbonyl (C=O) groups excluding carboxylic acids is 2. The molecule has 3 aliphatic heterocycles. The Kier molecular flexibility index (Phi) is 7.45. The molecule has 3 fully saturated rings. The maximum atomic E-state index is 13.2.